The molecule has 128 valence electrons. The van der Waals surface area contributed by atoms with E-state index in [-0.39, 0.29) is 35.9 Å². The summed E-state index contributed by atoms with van der Waals surface area (Å²) in [5.41, 5.74) is 0.420. The summed E-state index contributed by atoms with van der Waals surface area (Å²) >= 11 is 1.45. The fraction of sp³-hybridized carbons (Fsp3) is 0.500. The van der Waals surface area contributed by atoms with Crippen molar-refractivity contribution in [3.05, 3.63) is 35.4 Å². The Morgan fingerprint density at radius 2 is 1.87 bits per heavy atom. The van der Waals surface area contributed by atoms with Crippen molar-refractivity contribution >= 4 is 23.6 Å². The third-order valence-electron chi connectivity index (χ3n) is 2.93. The van der Waals surface area contributed by atoms with Gasteiger partial charge < -0.3 is 10.0 Å². The van der Waals surface area contributed by atoms with Crippen LogP contribution in [0.3, 0.4) is 0 Å². The number of halogens is 2. The van der Waals surface area contributed by atoms with Crippen LogP contribution in [0.5, 0.6) is 0 Å². The summed E-state index contributed by atoms with van der Waals surface area (Å²) in [6, 6.07) is 3.40. The Kier molecular flexibility index (Phi) is 7.00. The van der Waals surface area contributed by atoms with Gasteiger partial charge in [0.2, 0.25) is 5.91 Å². The Bertz CT molecular complexity index is 573. The first-order valence-electron chi connectivity index (χ1n) is 7.16. The third-order valence-corrected chi connectivity index (χ3v) is 4.19. The summed E-state index contributed by atoms with van der Waals surface area (Å²) in [6.45, 7) is 6.00. The van der Waals surface area contributed by atoms with Crippen LogP contribution in [0.15, 0.2) is 18.2 Å². The van der Waals surface area contributed by atoms with E-state index >= 15 is 0 Å². The fourth-order valence-corrected chi connectivity index (χ4v) is 2.49. The Hall–Kier alpha value is -1.63. The quantitative estimate of drug-likeness (QED) is 0.824. The van der Waals surface area contributed by atoms with Gasteiger partial charge in [-0.1, -0.05) is 26.8 Å². The largest absolute Gasteiger partial charge is 0.481 e. The van der Waals surface area contributed by atoms with E-state index in [1.807, 2.05) is 20.8 Å². The Labute approximate surface area is 138 Å². The number of carbonyl (C=O) groups excluding carboxylic acids is 1. The third kappa shape index (κ3) is 7.45. The summed E-state index contributed by atoms with van der Waals surface area (Å²) in [7, 11) is 0. The molecule has 0 spiro atoms. The SMILES string of the molecule is CC(C)(C)SCC(=O)N(CCC(=O)O)Cc1ccc(F)c(F)c1. The minimum Gasteiger partial charge on any atom is -0.481 e. The average molecular weight is 345 g/mol. The summed E-state index contributed by atoms with van der Waals surface area (Å²) in [5.74, 6) is -2.99. The molecule has 0 aromatic heterocycles. The van der Waals surface area contributed by atoms with Gasteiger partial charge in [-0.3, -0.25) is 9.59 Å². The predicted octanol–water partition coefficient (Wildman–Crippen LogP) is 3.30. The molecule has 0 bridgehead atoms. The molecule has 23 heavy (non-hydrogen) atoms. The van der Waals surface area contributed by atoms with Gasteiger partial charge in [-0.15, -0.1) is 11.8 Å². The number of thioether (sulfide) groups is 1. The van der Waals surface area contributed by atoms with Gasteiger partial charge in [0.15, 0.2) is 11.6 Å². The van der Waals surface area contributed by atoms with Gasteiger partial charge >= 0.3 is 5.97 Å². The molecule has 0 unspecified atom stereocenters. The van der Waals surface area contributed by atoms with E-state index in [9.17, 15) is 18.4 Å². The van der Waals surface area contributed by atoms with Crippen LogP contribution in [0.4, 0.5) is 8.78 Å². The first kappa shape index (κ1) is 19.4. The molecule has 4 nitrogen and oxygen atoms in total. The highest BCUT2D eigenvalue weighted by molar-refractivity contribution is 8.01. The Morgan fingerprint density at radius 1 is 1.22 bits per heavy atom. The molecule has 1 rings (SSSR count). The van der Waals surface area contributed by atoms with Crippen LogP contribution >= 0.6 is 11.8 Å². The van der Waals surface area contributed by atoms with Crippen LogP contribution < -0.4 is 0 Å². The number of carboxylic acids is 1. The van der Waals surface area contributed by atoms with E-state index in [2.05, 4.69) is 0 Å². The highest BCUT2D eigenvalue weighted by Gasteiger charge is 2.19. The average Bonchev–Trinajstić information content (AvgIpc) is 2.43. The summed E-state index contributed by atoms with van der Waals surface area (Å²) in [6.07, 6.45) is -0.199. The lowest BCUT2D eigenvalue weighted by atomic mass is 10.2. The van der Waals surface area contributed by atoms with Crippen LogP contribution in [-0.4, -0.2) is 38.9 Å². The molecule has 0 aliphatic rings. The minimum absolute atomic E-state index is 0.0257. The maximum absolute atomic E-state index is 13.3. The number of carboxylic acid groups (broad SMARTS) is 1. The lowest BCUT2D eigenvalue weighted by Crippen LogP contribution is -2.34. The molecule has 0 radical (unpaired) electrons. The number of benzene rings is 1. The number of aliphatic carboxylic acids is 1. The molecule has 1 N–H and O–H groups in total. The normalized spacial score (nSPS) is 11.3. The zero-order chi connectivity index (χ0) is 17.6. The number of hydrogen-bond donors (Lipinski definition) is 1. The molecule has 0 aliphatic heterocycles. The summed E-state index contributed by atoms with van der Waals surface area (Å²) in [5, 5.41) is 8.80. The van der Waals surface area contributed by atoms with Gasteiger partial charge in [0, 0.05) is 17.8 Å². The first-order chi connectivity index (χ1) is 10.6. The minimum atomic E-state index is -1.02. The van der Waals surface area contributed by atoms with Gasteiger partial charge in [-0.25, -0.2) is 8.78 Å². The molecule has 0 fully saturated rings. The molecular formula is C16H21F2NO3S. The maximum atomic E-state index is 13.3. The summed E-state index contributed by atoms with van der Waals surface area (Å²) < 4.78 is 26.1. The van der Waals surface area contributed by atoms with E-state index in [0.717, 1.165) is 12.1 Å². The molecule has 0 saturated carbocycles. The molecular weight excluding hydrogens is 324 g/mol. The van der Waals surface area contributed by atoms with Crippen molar-refractivity contribution in [2.75, 3.05) is 12.3 Å². The van der Waals surface area contributed by atoms with Crippen LogP contribution in [0.25, 0.3) is 0 Å². The maximum Gasteiger partial charge on any atom is 0.305 e. The monoisotopic (exact) mass is 345 g/mol. The topological polar surface area (TPSA) is 57.6 Å². The highest BCUT2D eigenvalue weighted by atomic mass is 32.2. The van der Waals surface area contributed by atoms with Crippen LogP contribution in [-0.2, 0) is 16.1 Å². The van der Waals surface area contributed by atoms with E-state index in [0.29, 0.717) is 5.56 Å². The van der Waals surface area contributed by atoms with Crippen molar-refractivity contribution in [1.82, 2.24) is 4.90 Å². The van der Waals surface area contributed by atoms with Crippen molar-refractivity contribution in [1.29, 1.82) is 0 Å². The number of carbonyl (C=O) groups is 2. The van der Waals surface area contributed by atoms with Crippen molar-refractivity contribution in [3.8, 4) is 0 Å². The van der Waals surface area contributed by atoms with Gasteiger partial charge in [0.05, 0.1) is 12.2 Å². The predicted molar refractivity (Wildman–Crippen MR) is 86.2 cm³/mol. The van der Waals surface area contributed by atoms with Gasteiger partial charge in [-0.2, -0.15) is 0 Å². The van der Waals surface area contributed by atoms with E-state index in [1.165, 1.54) is 22.7 Å². The van der Waals surface area contributed by atoms with Crippen molar-refractivity contribution in [3.63, 3.8) is 0 Å². The number of nitrogens with zero attached hydrogens (tertiary/aromatic N) is 1. The molecule has 1 aromatic carbocycles. The van der Waals surface area contributed by atoms with Crippen molar-refractivity contribution in [2.24, 2.45) is 0 Å². The van der Waals surface area contributed by atoms with Gasteiger partial charge in [0.25, 0.3) is 0 Å². The Morgan fingerprint density at radius 3 is 2.39 bits per heavy atom. The molecule has 1 amide bonds. The molecule has 0 heterocycles. The first-order valence-corrected chi connectivity index (χ1v) is 8.14. The molecule has 7 heteroatoms. The van der Waals surface area contributed by atoms with Crippen LogP contribution in [0, 0.1) is 11.6 Å². The molecule has 1 aromatic rings. The molecule has 0 saturated heterocycles. The van der Waals surface area contributed by atoms with Gasteiger partial charge in [0.1, 0.15) is 0 Å². The molecule has 0 atom stereocenters. The second kappa shape index (κ2) is 8.29. The molecule has 0 aliphatic carbocycles. The van der Waals surface area contributed by atoms with Gasteiger partial charge in [-0.05, 0) is 17.7 Å². The number of amides is 1. The smallest absolute Gasteiger partial charge is 0.305 e. The van der Waals surface area contributed by atoms with E-state index < -0.39 is 17.6 Å². The zero-order valence-corrected chi connectivity index (χ0v) is 14.3. The number of rotatable bonds is 7. The second-order valence-corrected chi connectivity index (χ2v) is 7.91. The Balaban J connectivity index is 2.80. The van der Waals surface area contributed by atoms with E-state index in [1.54, 1.807) is 0 Å². The number of hydrogen-bond acceptors (Lipinski definition) is 3. The fourth-order valence-electron chi connectivity index (χ4n) is 1.75. The lowest BCUT2D eigenvalue weighted by molar-refractivity contribution is -0.138. The lowest BCUT2D eigenvalue weighted by Gasteiger charge is -2.24. The van der Waals surface area contributed by atoms with E-state index in [4.69, 9.17) is 5.11 Å². The second-order valence-electron chi connectivity index (χ2n) is 6.11. The zero-order valence-electron chi connectivity index (χ0n) is 13.4. The van der Waals surface area contributed by atoms with Crippen molar-refractivity contribution < 1.29 is 23.5 Å². The van der Waals surface area contributed by atoms with Crippen LogP contribution in [0.1, 0.15) is 32.8 Å². The van der Waals surface area contributed by atoms with Crippen molar-refractivity contribution in [2.45, 2.75) is 38.5 Å². The highest BCUT2D eigenvalue weighted by Crippen LogP contribution is 2.23. The standard InChI is InChI=1S/C16H21F2NO3S/c1-16(2,3)23-10-14(20)19(7-6-15(21)22)9-11-4-5-12(17)13(18)8-11/h4-5,8H,6-7,9-10H2,1-3H3,(H,21,22). The summed E-state index contributed by atoms with van der Waals surface area (Å²) in [4.78, 5) is 24.4. The van der Waals surface area contributed by atoms with Crippen LogP contribution in [0.2, 0.25) is 0 Å².